The third-order valence-electron chi connectivity index (χ3n) is 2.14. The minimum Gasteiger partial charge on any atom is -0.296 e. The summed E-state index contributed by atoms with van der Waals surface area (Å²) in [5.41, 5.74) is 1.77. The lowest BCUT2D eigenvalue weighted by atomic mass is 10.1. The molecule has 0 spiro atoms. The van der Waals surface area contributed by atoms with Gasteiger partial charge in [0.1, 0.15) is 11.5 Å². The fraction of sp³-hybridized carbons (Fsp3) is 0.0909. The van der Waals surface area contributed by atoms with Crippen LogP contribution in [0.1, 0.15) is 10.5 Å². The standard InChI is InChI=1S/C11H9FN2O/c1-14-11(6-10(7-15)13-14)8-3-2-4-9(12)5-8/h2-7H,1H3. The molecule has 0 fully saturated rings. The van der Waals surface area contributed by atoms with Gasteiger partial charge in [0.15, 0.2) is 6.29 Å². The number of carbonyl (C=O) groups excluding carboxylic acids is 1. The van der Waals surface area contributed by atoms with Crippen molar-refractivity contribution >= 4 is 6.29 Å². The van der Waals surface area contributed by atoms with Gasteiger partial charge in [-0.1, -0.05) is 12.1 Å². The van der Waals surface area contributed by atoms with Gasteiger partial charge in [-0.2, -0.15) is 5.10 Å². The predicted octanol–water partition coefficient (Wildman–Crippen LogP) is 2.04. The van der Waals surface area contributed by atoms with Crippen molar-refractivity contribution in [3.8, 4) is 11.3 Å². The fourth-order valence-electron chi connectivity index (χ4n) is 1.46. The summed E-state index contributed by atoms with van der Waals surface area (Å²) in [7, 11) is 1.72. The van der Waals surface area contributed by atoms with Crippen LogP contribution in [-0.4, -0.2) is 16.1 Å². The molecule has 76 valence electrons. The van der Waals surface area contributed by atoms with E-state index >= 15 is 0 Å². The van der Waals surface area contributed by atoms with Gasteiger partial charge in [0.05, 0.1) is 5.69 Å². The van der Waals surface area contributed by atoms with Crippen molar-refractivity contribution in [2.45, 2.75) is 0 Å². The molecule has 0 aliphatic heterocycles. The van der Waals surface area contributed by atoms with Crippen LogP contribution in [0, 0.1) is 5.82 Å². The van der Waals surface area contributed by atoms with E-state index in [4.69, 9.17) is 0 Å². The zero-order chi connectivity index (χ0) is 10.8. The normalized spacial score (nSPS) is 10.3. The number of aldehydes is 1. The maximum atomic E-state index is 13.0. The predicted molar refractivity (Wildman–Crippen MR) is 54.0 cm³/mol. The van der Waals surface area contributed by atoms with Gasteiger partial charge < -0.3 is 0 Å². The Kier molecular flexibility index (Phi) is 2.33. The Morgan fingerprint density at radius 1 is 1.40 bits per heavy atom. The zero-order valence-electron chi connectivity index (χ0n) is 8.14. The van der Waals surface area contributed by atoms with Crippen molar-refractivity contribution in [2.24, 2.45) is 7.05 Å². The highest BCUT2D eigenvalue weighted by molar-refractivity contribution is 5.75. The minimum absolute atomic E-state index is 0.304. The van der Waals surface area contributed by atoms with E-state index in [1.54, 1.807) is 29.9 Å². The summed E-state index contributed by atoms with van der Waals surface area (Å²) in [6.07, 6.45) is 0.669. The molecule has 0 amide bonds. The second-order valence-electron chi connectivity index (χ2n) is 3.21. The number of rotatable bonds is 2. The highest BCUT2D eigenvalue weighted by Gasteiger charge is 2.06. The van der Waals surface area contributed by atoms with Crippen molar-refractivity contribution in [2.75, 3.05) is 0 Å². The molecule has 0 N–H and O–H groups in total. The summed E-state index contributed by atoms with van der Waals surface area (Å²) in [6.45, 7) is 0. The van der Waals surface area contributed by atoms with Gasteiger partial charge in [-0.15, -0.1) is 0 Å². The molecule has 0 saturated heterocycles. The maximum absolute atomic E-state index is 13.0. The zero-order valence-corrected chi connectivity index (χ0v) is 8.14. The number of nitrogens with zero attached hydrogens (tertiary/aromatic N) is 2. The van der Waals surface area contributed by atoms with Crippen LogP contribution in [0.4, 0.5) is 4.39 Å². The molecule has 0 atom stereocenters. The van der Waals surface area contributed by atoms with E-state index in [-0.39, 0.29) is 5.82 Å². The van der Waals surface area contributed by atoms with Gasteiger partial charge in [0.25, 0.3) is 0 Å². The molecule has 0 aliphatic carbocycles. The molecule has 2 aromatic rings. The van der Waals surface area contributed by atoms with E-state index in [1.165, 1.54) is 12.1 Å². The Morgan fingerprint density at radius 3 is 2.80 bits per heavy atom. The largest absolute Gasteiger partial charge is 0.296 e. The Balaban J connectivity index is 2.53. The molecule has 15 heavy (non-hydrogen) atoms. The smallest absolute Gasteiger partial charge is 0.170 e. The summed E-state index contributed by atoms with van der Waals surface area (Å²) in [6, 6.07) is 7.81. The van der Waals surface area contributed by atoms with Crippen LogP contribution in [0.15, 0.2) is 30.3 Å². The summed E-state index contributed by atoms with van der Waals surface area (Å²) in [5.74, 6) is -0.304. The molecule has 3 nitrogen and oxygen atoms in total. The molecule has 1 aromatic heterocycles. The van der Waals surface area contributed by atoms with Crippen LogP contribution in [0.5, 0.6) is 0 Å². The lowest BCUT2D eigenvalue weighted by molar-refractivity contribution is 0.111. The van der Waals surface area contributed by atoms with Crippen molar-refractivity contribution in [1.29, 1.82) is 0 Å². The van der Waals surface area contributed by atoms with Gasteiger partial charge in [0, 0.05) is 12.6 Å². The number of aromatic nitrogens is 2. The van der Waals surface area contributed by atoms with Crippen molar-refractivity contribution in [1.82, 2.24) is 9.78 Å². The molecule has 1 heterocycles. The second kappa shape index (κ2) is 3.65. The number of hydrogen-bond donors (Lipinski definition) is 0. The first-order valence-electron chi connectivity index (χ1n) is 4.46. The van der Waals surface area contributed by atoms with Crippen LogP contribution in [0.2, 0.25) is 0 Å². The Hall–Kier alpha value is -1.97. The average molecular weight is 204 g/mol. The van der Waals surface area contributed by atoms with Crippen LogP contribution in [-0.2, 0) is 7.05 Å². The van der Waals surface area contributed by atoms with E-state index in [0.29, 0.717) is 17.5 Å². The summed E-state index contributed by atoms with van der Waals surface area (Å²) < 4.78 is 14.5. The van der Waals surface area contributed by atoms with Gasteiger partial charge >= 0.3 is 0 Å². The van der Waals surface area contributed by atoms with Crippen LogP contribution >= 0.6 is 0 Å². The Morgan fingerprint density at radius 2 is 2.20 bits per heavy atom. The molecule has 0 aliphatic rings. The molecule has 1 aromatic carbocycles. The molecule has 0 radical (unpaired) electrons. The highest BCUT2D eigenvalue weighted by Crippen LogP contribution is 2.19. The Bertz CT molecular complexity index is 505. The first-order valence-corrected chi connectivity index (χ1v) is 4.46. The highest BCUT2D eigenvalue weighted by atomic mass is 19.1. The van der Waals surface area contributed by atoms with Crippen molar-refractivity contribution in [3.63, 3.8) is 0 Å². The van der Waals surface area contributed by atoms with Crippen LogP contribution in [0.3, 0.4) is 0 Å². The second-order valence-corrected chi connectivity index (χ2v) is 3.21. The Labute approximate surface area is 86.2 Å². The van der Waals surface area contributed by atoms with E-state index in [1.807, 2.05) is 0 Å². The van der Waals surface area contributed by atoms with Crippen LogP contribution in [0.25, 0.3) is 11.3 Å². The number of aryl methyl sites for hydroxylation is 1. The molecule has 0 saturated carbocycles. The maximum Gasteiger partial charge on any atom is 0.170 e. The summed E-state index contributed by atoms with van der Waals surface area (Å²) in [4.78, 5) is 10.5. The molecular formula is C11H9FN2O. The lowest BCUT2D eigenvalue weighted by Crippen LogP contribution is -1.94. The van der Waals surface area contributed by atoms with E-state index < -0.39 is 0 Å². The minimum atomic E-state index is -0.304. The molecule has 4 heteroatoms. The third kappa shape index (κ3) is 1.79. The fourth-order valence-corrected chi connectivity index (χ4v) is 1.46. The average Bonchev–Trinajstić information content (AvgIpc) is 2.60. The quantitative estimate of drug-likeness (QED) is 0.701. The topological polar surface area (TPSA) is 34.9 Å². The molecule has 0 bridgehead atoms. The molecule has 2 rings (SSSR count). The SMILES string of the molecule is Cn1nc(C=O)cc1-c1cccc(F)c1. The van der Waals surface area contributed by atoms with E-state index in [0.717, 1.165) is 5.69 Å². The summed E-state index contributed by atoms with van der Waals surface area (Å²) in [5, 5.41) is 3.96. The van der Waals surface area contributed by atoms with Gasteiger partial charge in [-0.05, 0) is 18.2 Å². The van der Waals surface area contributed by atoms with Gasteiger partial charge in [-0.25, -0.2) is 4.39 Å². The number of carbonyl (C=O) groups is 1. The third-order valence-corrected chi connectivity index (χ3v) is 2.14. The number of hydrogen-bond acceptors (Lipinski definition) is 2. The molecular weight excluding hydrogens is 195 g/mol. The lowest BCUT2D eigenvalue weighted by Gasteiger charge is -2.00. The first kappa shape index (κ1) is 9.58. The van der Waals surface area contributed by atoms with Crippen molar-refractivity contribution in [3.05, 3.63) is 41.8 Å². The van der Waals surface area contributed by atoms with E-state index in [9.17, 15) is 9.18 Å². The number of halogens is 1. The summed E-state index contributed by atoms with van der Waals surface area (Å²) >= 11 is 0. The van der Waals surface area contributed by atoms with Gasteiger partial charge in [-0.3, -0.25) is 9.48 Å². The van der Waals surface area contributed by atoms with Gasteiger partial charge in [0.2, 0.25) is 0 Å². The monoisotopic (exact) mass is 204 g/mol. The van der Waals surface area contributed by atoms with Crippen LogP contribution < -0.4 is 0 Å². The first-order chi connectivity index (χ1) is 7.20. The molecule has 0 unspecified atom stereocenters. The van der Waals surface area contributed by atoms with Crippen molar-refractivity contribution < 1.29 is 9.18 Å². The number of benzene rings is 1. The van der Waals surface area contributed by atoms with E-state index in [2.05, 4.69) is 5.10 Å².